The van der Waals surface area contributed by atoms with Crippen LogP contribution in [0.3, 0.4) is 0 Å². The number of benzene rings is 1. The third-order valence-corrected chi connectivity index (χ3v) is 6.68. The van der Waals surface area contributed by atoms with Gasteiger partial charge in [0.25, 0.3) is 0 Å². The summed E-state index contributed by atoms with van der Waals surface area (Å²) in [4.78, 5) is 24.9. The van der Waals surface area contributed by atoms with Crippen LogP contribution in [-0.2, 0) is 6.42 Å². The first-order valence-electron chi connectivity index (χ1n) is 9.90. The Bertz CT molecular complexity index is 1100. The summed E-state index contributed by atoms with van der Waals surface area (Å²) < 4.78 is 5.97. The number of nitrogens with zero attached hydrogens (tertiary/aromatic N) is 3. The van der Waals surface area contributed by atoms with Gasteiger partial charge in [-0.3, -0.25) is 9.78 Å². The molecule has 1 aromatic carbocycles. The molecule has 1 aliphatic heterocycles. The molecule has 0 spiro atoms. The molecule has 1 aliphatic carbocycles. The summed E-state index contributed by atoms with van der Waals surface area (Å²) in [5, 5.41) is 0.885. The predicted octanol–water partition coefficient (Wildman–Crippen LogP) is 5.20. The zero-order valence-corrected chi connectivity index (χ0v) is 17.7. The van der Waals surface area contributed by atoms with Gasteiger partial charge in [0, 0.05) is 23.9 Å². The van der Waals surface area contributed by atoms with Crippen molar-refractivity contribution in [2.24, 2.45) is 5.41 Å². The molecule has 0 unspecified atom stereocenters. The average molecular weight is 406 g/mol. The van der Waals surface area contributed by atoms with Gasteiger partial charge in [-0.2, -0.15) is 0 Å². The fraction of sp³-hybridized carbons (Fsp3) is 0.348. The van der Waals surface area contributed by atoms with Crippen molar-refractivity contribution in [1.29, 1.82) is 0 Å². The van der Waals surface area contributed by atoms with Crippen molar-refractivity contribution in [1.82, 2.24) is 9.97 Å². The Labute approximate surface area is 174 Å². The number of carbonyl (C=O) groups is 1. The van der Waals surface area contributed by atoms with Crippen LogP contribution in [0.2, 0.25) is 0 Å². The molecule has 5 nitrogen and oxygen atoms in total. The number of ketones is 1. The van der Waals surface area contributed by atoms with E-state index in [1.54, 1.807) is 0 Å². The molecule has 2 aliphatic rings. The second-order valence-corrected chi connectivity index (χ2v) is 9.56. The van der Waals surface area contributed by atoms with Gasteiger partial charge < -0.3 is 9.64 Å². The van der Waals surface area contributed by atoms with Crippen molar-refractivity contribution >= 4 is 27.9 Å². The van der Waals surface area contributed by atoms with Crippen LogP contribution in [0.5, 0.6) is 5.75 Å². The summed E-state index contributed by atoms with van der Waals surface area (Å²) in [5.74, 6) is 1.06. The van der Waals surface area contributed by atoms with Crippen molar-refractivity contribution in [2.75, 3.05) is 18.1 Å². The molecule has 0 saturated carbocycles. The summed E-state index contributed by atoms with van der Waals surface area (Å²) in [6, 6.07) is 10.3. The monoisotopic (exact) mass is 405 g/mol. The van der Waals surface area contributed by atoms with Crippen molar-refractivity contribution in [3.05, 3.63) is 52.8 Å². The summed E-state index contributed by atoms with van der Waals surface area (Å²) in [5.41, 5.74) is 5.07. The molecular weight excluding hydrogens is 382 g/mol. The summed E-state index contributed by atoms with van der Waals surface area (Å²) in [7, 11) is 0. The van der Waals surface area contributed by atoms with E-state index in [2.05, 4.69) is 48.0 Å². The highest BCUT2D eigenvalue weighted by molar-refractivity contribution is 7.17. The maximum atomic E-state index is 12.6. The molecule has 3 aromatic rings. The minimum absolute atomic E-state index is 0.0185. The van der Waals surface area contributed by atoms with Gasteiger partial charge >= 0.3 is 0 Å². The van der Waals surface area contributed by atoms with Crippen molar-refractivity contribution in [3.63, 3.8) is 0 Å². The molecule has 2 aromatic heterocycles. The fourth-order valence-electron chi connectivity index (χ4n) is 4.06. The molecule has 3 heterocycles. The molecule has 5 rings (SSSR count). The number of rotatable bonds is 2. The number of anilines is 2. The minimum Gasteiger partial charge on any atom is -0.490 e. The van der Waals surface area contributed by atoms with Crippen LogP contribution in [0, 0.1) is 12.3 Å². The third-order valence-electron chi connectivity index (χ3n) is 5.52. The predicted molar refractivity (Wildman–Crippen MR) is 115 cm³/mol. The van der Waals surface area contributed by atoms with Gasteiger partial charge in [0.05, 0.1) is 22.8 Å². The van der Waals surface area contributed by atoms with Crippen LogP contribution < -0.4 is 9.64 Å². The topological polar surface area (TPSA) is 55.3 Å². The van der Waals surface area contributed by atoms with E-state index >= 15 is 0 Å². The smallest absolute Gasteiger partial charge is 0.190 e. The molecule has 0 bridgehead atoms. The van der Waals surface area contributed by atoms with Gasteiger partial charge in [0.15, 0.2) is 10.9 Å². The summed E-state index contributed by atoms with van der Waals surface area (Å²) in [6.07, 6.45) is 3.33. The quantitative estimate of drug-likeness (QED) is 0.587. The first-order valence-corrected chi connectivity index (χ1v) is 10.7. The van der Waals surface area contributed by atoms with E-state index in [1.807, 2.05) is 19.2 Å². The lowest BCUT2D eigenvalue weighted by molar-refractivity contribution is 0.0916. The highest BCUT2D eigenvalue weighted by Gasteiger charge is 2.35. The second kappa shape index (κ2) is 6.66. The van der Waals surface area contributed by atoms with E-state index in [1.165, 1.54) is 11.3 Å². The van der Waals surface area contributed by atoms with Gasteiger partial charge in [-0.05, 0) is 42.5 Å². The van der Waals surface area contributed by atoms with Crippen LogP contribution in [0.25, 0.3) is 11.1 Å². The van der Waals surface area contributed by atoms with E-state index in [4.69, 9.17) is 9.72 Å². The molecule has 0 radical (unpaired) electrons. The number of carbonyl (C=O) groups excluding carboxylic acids is 1. The number of Topliss-reactive ketones (excluding diaryl/α,β-unsaturated/α-hetero) is 1. The van der Waals surface area contributed by atoms with E-state index < -0.39 is 0 Å². The number of aryl methyl sites for hydroxylation is 1. The molecule has 0 N–H and O–H groups in total. The number of hydrogen-bond donors (Lipinski definition) is 0. The van der Waals surface area contributed by atoms with Crippen LogP contribution in [0.4, 0.5) is 10.8 Å². The molecule has 0 saturated heterocycles. The molecule has 6 heteroatoms. The number of fused-ring (bicyclic) bond motifs is 2. The lowest BCUT2D eigenvalue weighted by Gasteiger charge is -2.29. The highest BCUT2D eigenvalue weighted by atomic mass is 32.1. The van der Waals surface area contributed by atoms with Gasteiger partial charge in [-0.1, -0.05) is 37.3 Å². The Kier molecular flexibility index (Phi) is 4.21. The molecule has 0 amide bonds. The third kappa shape index (κ3) is 3.31. The van der Waals surface area contributed by atoms with E-state index in [9.17, 15) is 4.79 Å². The summed E-state index contributed by atoms with van der Waals surface area (Å²) in [6.45, 7) is 7.57. The molecule has 0 fully saturated rings. The molecule has 0 atom stereocenters. The van der Waals surface area contributed by atoms with E-state index in [-0.39, 0.29) is 11.2 Å². The van der Waals surface area contributed by atoms with Crippen LogP contribution in [0.1, 0.15) is 41.3 Å². The van der Waals surface area contributed by atoms with E-state index in [0.717, 1.165) is 56.9 Å². The largest absolute Gasteiger partial charge is 0.490 e. The maximum Gasteiger partial charge on any atom is 0.190 e. The highest BCUT2D eigenvalue weighted by Crippen LogP contribution is 2.44. The van der Waals surface area contributed by atoms with Gasteiger partial charge in [0.1, 0.15) is 12.4 Å². The summed E-state index contributed by atoms with van der Waals surface area (Å²) >= 11 is 1.52. The van der Waals surface area contributed by atoms with Crippen molar-refractivity contribution in [3.8, 4) is 16.9 Å². The number of pyridine rings is 1. The zero-order valence-electron chi connectivity index (χ0n) is 16.9. The lowest BCUT2D eigenvalue weighted by Crippen LogP contribution is -2.28. The Morgan fingerprint density at radius 2 is 1.97 bits per heavy atom. The SMILES string of the molecule is Cc1ccc(-c2ccc3c(c2)OCCN3c2nc3c(s2)C(=O)CC(C)(C)C3)cn1. The van der Waals surface area contributed by atoms with Crippen LogP contribution in [0.15, 0.2) is 36.5 Å². The number of thiazole rings is 1. The number of aromatic nitrogens is 2. The molecule has 29 heavy (non-hydrogen) atoms. The number of hydrogen-bond acceptors (Lipinski definition) is 6. The first-order chi connectivity index (χ1) is 13.9. The minimum atomic E-state index is -0.0185. The Hall–Kier alpha value is -2.73. The van der Waals surface area contributed by atoms with Gasteiger partial charge in [-0.25, -0.2) is 4.98 Å². The average Bonchev–Trinajstić information content (AvgIpc) is 3.10. The Morgan fingerprint density at radius 1 is 1.14 bits per heavy atom. The second-order valence-electron chi connectivity index (χ2n) is 8.58. The molecular formula is C23H23N3O2S. The Balaban J connectivity index is 1.51. The van der Waals surface area contributed by atoms with E-state index in [0.29, 0.717) is 13.0 Å². The Morgan fingerprint density at radius 3 is 2.76 bits per heavy atom. The standard InChI is InChI=1S/C23H23N3O2S/c1-14-4-5-16(13-24-14)15-6-7-18-20(10-15)28-9-8-26(18)22-25-17-11-23(2,3)12-19(27)21(17)29-22/h4-7,10,13H,8-9,11-12H2,1-3H3. The van der Waals surface area contributed by atoms with Gasteiger partial charge in [0.2, 0.25) is 0 Å². The first kappa shape index (κ1) is 18.3. The van der Waals surface area contributed by atoms with Crippen molar-refractivity contribution < 1.29 is 9.53 Å². The van der Waals surface area contributed by atoms with Crippen molar-refractivity contribution in [2.45, 2.75) is 33.6 Å². The van der Waals surface area contributed by atoms with Crippen LogP contribution in [-0.4, -0.2) is 28.9 Å². The zero-order chi connectivity index (χ0) is 20.2. The lowest BCUT2D eigenvalue weighted by atomic mass is 9.78. The molecule has 148 valence electrons. The maximum absolute atomic E-state index is 12.6. The number of ether oxygens (including phenoxy) is 1. The van der Waals surface area contributed by atoms with Gasteiger partial charge in [-0.15, -0.1) is 0 Å². The van der Waals surface area contributed by atoms with Crippen LogP contribution >= 0.6 is 11.3 Å². The normalized spacial score (nSPS) is 17.5. The fourth-order valence-corrected chi connectivity index (χ4v) is 5.12.